The van der Waals surface area contributed by atoms with Gasteiger partial charge in [-0.3, -0.25) is 4.98 Å². The number of alkyl halides is 3. The van der Waals surface area contributed by atoms with Gasteiger partial charge in [-0.05, 0) is 25.2 Å². The van der Waals surface area contributed by atoms with E-state index in [1.807, 2.05) is 4.90 Å². The van der Waals surface area contributed by atoms with E-state index in [1.165, 1.54) is 6.20 Å². The van der Waals surface area contributed by atoms with Gasteiger partial charge in [0.2, 0.25) is 0 Å². The van der Waals surface area contributed by atoms with Gasteiger partial charge in [-0.15, -0.1) is 0 Å². The Morgan fingerprint density at radius 1 is 1.17 bits per heavy atom. The molecule has 8 nitrogen and oxygen atoms in total. The van der Waals surface area contributed by atoms with E-state index in [9.17, 15) is 22.8 Å². The fourth-order valence-corrected chi connectivity index (χ4v) is 5.28. The lowest BCUT2D eigenvalue weighted by atomic mass is 9.57. The molecule has 3 saturated heterocycles. The van der Waals surface area contributed by atoms with E-state index in [1.54, 1.807) is 4.90 Å². The lowest BCUT2D eigenvalue weighted by molar-refractivity contribution is -0.141. The Morgan fingerprint density at radius 2 is 1.87 bits per heavy atom. The zero-order valence-electron chi connectivity index (χ0n) is 16.2. The van der Waals surface area contributed by atoms with Crippen molar-refractivity contribution in [3.8, 4) is 0 Å². The number of cyclic esters (lactones) is 1. The maximum Gasteiger partial charge on any atom is 0.434 e. The van der Waals surface area contributed by atoms with Crippen LogP contribution in [0, 0.1) is 11.3 Å². The molecule has 0 aromatic carbocycles. The van der Waals surface area contributed by atoms with E-state index >= 15 is 0 Å². The molecule has 1 aromatic heterocycles. The minimum absolute atomic E-state index is 0.00375. The Labute approximate surface area is 170 Å². The molecule has 4 heterocycles. The van der Waals surface area contributed by atoms with Crippen molar-refractivity contribution in [2.75, 3.05) is 32.8 Å². The summed E-state index contributed by atoms with van der Waals surface area (Å²) in [5, 5.41) is 2.82. The van der Waals surface area contributed by atoms with Crippen LogP contribution in [0.4, 0.5) is 22.8 Å². The number of likely N-dealkylation sites (tertiary alicyclic amines) is 2. The fourth-order valence-electron chi connectivity index (χ4n) is 5.28. The number of urea groups is 1. The van der Waals surface area contributed by atoms with Gasteiger partial charge in [0.25, 0.3) is 0 Å². The average molecular weight is 425 g/mol. The molecule has 1 saturated carbocycles. The minimum Gasteiger partial charge on any atom is -0.449 e. The second kappa shape index (κ2) is 6.45. The molecule has 3 aliphatic heterocycles. The van der Waals surface area contributed by atoms with Crippen LogP contribution >= 0.6 is 0 Å². The first-order valence-corrected chi connectivity index (χ1v) is 10.0. The van der Waals surface area contributed by atoms with E-state index in [-0.39, 0.29) is 17.0 Å². The lowest BCUT2D eigenvalue weighted by Gasteiger charge is -2.61. The Hall–Kier alpha value is -2.59. The first kappa shape index (κ1) is 19.4. The highest BCUT2D eigenvalue weighted by atomic mass is 19.4. The van der Waals surface area contributed by atoms with Gasteiger partial charge in [0.05, 0.1) is 24.0 Å². The monoisotopic (exact) mass is 425 g/mol. The van der Waals surface area contributed by atoms with Crippen LogP contribution in [0.2, 0.25) is 0 Å². The number of nitrogens with zero attached hydrogens (tertiary/aromatic N) is 4. The predicted molar refractivity (Wildman–Crippen MR) is 96.3 cm³/mol. The first-order valence-electron chi connectivity index (χ1n) is 10.0. The van der Waals surface area contributed by atoms with Crippen LogP contribution in [0.1, 0.15) is 30.7 Å². The summed E-state index contributed by atoms with van der Waals surface area (Å²) in [6, 6.07) is 0.00375. The second-order valence-corrected chi connectivity index (χ2v) is 9.16. The highest BCUT2D eigenvalue weighted by molar-refractivity contribution is 5.78. The standard InChI is InChI=1S/C19H22F3N5O3/c20-19(21,22)14-7-23-13(6-24-14)3-12-4-17(5-12)8-26(9-17)16(29)27-10-18(11-27)1-2-30-15(28)25-18/h6-7,12H,1-5,8-11H2,(H,25,28). The molecular weight excluding hydrogens is 403 g/mol. The molecule has 0 radical (unpaired) electrons. The smallest absolute Gasteiger partial charge is 0.434 e. The number of hydrogen-bond donors (Lipinski definition) is 1. The molecule has 30 heavy (non-hydrogen) atoms. The summed E-state index contributed by atoms with van der Waals surface area (Å²) >= 11 is 0. The van der Waals surface area contributed by atoms with Crippen LogP contribution in [-0.2, 0) is 17.3 Å². The van der Waals surface area contributed by atoms with Crippen molar-refractivity contribution in [2.24, 2.45) is 11.3 Å². The van der Waals surface area contributed by atoms with Gasteiger partial charge in [0.15, 0.2) is 5.69 Å². The van der Waals surface area contributed by atoms with Gasteiger partial charge < -0.3 is 19.9 Å². The summed E-state index contributed by atoms with van der Waals surface area (Å²) in [4.78, 5) is 35.0. The van der Waals surface area contributed by atoms with Crippen LogP contribution in [0.5, 0.6) is 0 Å². The van der Waals surface area contributed by atoms with Crippen molar-refractivity contribution >= 4 is 12.1 Å². The Bertz CT molecular complexity index is 855. The van der Waals surface area contributed by atoms with Crippen LogP contribution in [-0.4, -0.2) is 70.2 Å². The molecule has 1 aliphatic carbocycles. The normalized spacial score (nSPS) is 24.6. The third kappa shape index (κ3) is 3.33. The van der Waals surface area contributed by atoms with Crippen molar-refractivity contribution in [3.63, 3.8) is 0 Å². The van der Waals surface area contributed by atoms with Gasteiger partial charge in [0, 0.05) is 44.2 Å². The fraction of sp³-hybridized carbons (Fsp3) is 0.684. The van der Waals surface area contributed by atoms with Gasteiger partial charge in [0.1, 0.15) is 0 Å². The molecule has 3 amide bonds. The summed E-state index contributed by atoms with van der Waals surface area (Å²) in [7, 11) is 0. The number of carbonyl (C=O) groups is 2. The highest BCUT2D eigenvalue weighted by Gasteiger charge is 2.56. The molecule has 1 aromatic rings. The van der Waals surface area contributed by atoms with Crippen molar-refractivity contribution in [1.82, 2.24) is 25.1 Å². The molecule has 4 aliphatic rings. The number of amides is 3. The first-order chi connectivity index (χ1) is 14.2. The molecule has 5 rings (SSSR count). The molecule has 162 valence electrons. The zero-order chi connectivity index (χ0) is 21.1. The van der Waals surface area contributed by atoms with Gasteiger partial charge in [-0.2, -0.15) is 13.2 Å². The summed E-state index contributed by atoms with van der Waals surface area (Å²) in [5.74, 6) is 0.359. The summed E-state index contributed by atoms with van der Waals surface area (Å²) in [6.45, 7) is 2.82. The largest absolute Gasteiger partial charge is 0.449 e. The quantitative estimate of drug-likeness (QED) is 0.784. The molecule has 1 N–H and O–H groups in total. The SMILES string of the molecule is O=C1NC2(CCO1)CN(C(=O)N1CC3(CC(Cc4cnc(C(F)(F)F)cn4)C3)C1)C2. The van der Waals surface area contributed by atoms with Gasteiger partial charge in [-0.25, -0.2) is 14.6 Å². The Kier molecular flexibility index (Phi) is 4.17. The summed E-state index contributed by atoms with van der Waals surface area (Å²) in [5.41, 5.74) is -0.607. The Balaban J connectivity index is 1.06. The lowest BCUT2D eigenvalue weighted by Crippen LogP contribution is -2.76. The van der Waals surface area contributed by atoms with Crippen LogP contribution < -0.4 is 5.32 Å². The van der Waals surface area contributed by atoms with Crippen molar-refractivity contribution in [1.29, 1.82) is 0 Å². The van der Waals surface area contributed by atoms with Gasteiger partial charge >= 0.3 is 18.3 Å². The van der Waals surface area contributed by atoms with Crippen molar-refractivity contribution < 1.29 is 27.5 Å². The zero-order valence-corrected chi connectivity index (χ0v) is 16.2. The third-order valence-electron chi connectivity index (χ3n) is 6.70. The van der Waals surface area contributed by atoms with E-state index in [0.29, 0.717) is 57.2 Å². The number of halogens is 3. The topological polar surface area (TPSA) is 87.7 Å². The average Bonchev–Trinajstić information content (AvgIpc) is 2.59. The van der Waals surface area contributed by atoms with E-state index < -0.39 is 18.0 Å². The minimum atomic E-state index is -4.47. The van der Waals surface area contributed by atoms with Crippen LogP contribution in [0.25, 0.3) is 0 Å². The number of ether oxygens (including phenoxy) is 1. The van der Waals surface area contributed by atoms with Crippen molar-refractivity contribution in [2.45, 2.75) is 37.4 Å². The van der Waals surface area contributed by atoms with E-state index in [2.05, 4.69) is 15.3 Å². The predicted octanol–water partition coefficient (Wildman–Crippen LogP) is 2.05. The summed E-state index contributed by atoms with van der Waals surface area (Å²) < 4.78 is 42.6. The van der Waals surface area contributed by atoms with Crippen LogP contribution in [0.15, 0.2) is 12.4 Å². The molecular formula is C19H22F3N5O3. The number of carbonyl (C=O) groups excluding carboxylic acids is 2. The molecule has 0 unspecified atom stereocenters. The molecule has 4 fully saturated rings. The third-order valence-corrected chi connectivity index (χ3v) is 6.70. The number of alkyl carbamates (subject to hydrolysis) is 1. The maximum atomic E-state index is 12.6. The van der Waals surface area contributed by atoms with Crippen molar-refractivity contribution in [3.05, 3.63) is 23.8 Å². The van der Waals surface area contributed by atoms with Crippen LogP contribution in [0.3, 0.4) is 0 Å². The summed E-state index contributed by atoms with van der Waals surface area (Å²) in [6.07, 6.45) is 0.300. The van der Waals surface area contributed by atoms with E-state index in [0.717, 1.165) is 19.0 Å². The number of nitrogens with one attached hydrogen (secondary N) is 1. The molecule has 0 bridgehead atoms. The van der Waals surface area contributed by atoms with E-state index in [4.69, 9.17) is 4.74 Å². The highest BCUT2D eigenvalue weighted by Crippen LogP contribution is 2.53. The second-order valence-electron chi connectivity index (χ2n) is 9.16. The number of aromatic nitrogens is 2. The molecule has 2 spiro atoms. The maximum absolute atomic E-state index is 12.6. The number of hydrogen-bond acceptors (Lipinski definition) is 5. The number of rotatable bonds is 2. The Morgan fingerprint density at radius 3 is 2.47 bits per heavy atom. The molecule has 0 atom stereocenters. The van der Waals surface area contributed by atoms with Gasteiger partial charge in [-0.1, -0.05) is 0 Å². The molecule has 11 heteroatoms.